The minimum atomic E-state index is -1.01. The van der Waals surface area contributed by atoms with Crippen molar-refractivity contribution in [1.29, 1.82) is 0 Å². The molecule has 1 aliphatic rings. The lowest BCUT2D eigenvalue weighted by Crippen LogP contribution is -2.38. The van der Waals surface area contributed by atoms with Crippen molar-refractivity contribution in [2.45, 2.75) is 25.3 Å². The molecule has 80 valence electrons. The van der Waals surface area contributed by atoms with E-state index in [1.165, 1.54) is 18.7 Å². The number of aromatic carboxylic acids is 1. The summed E-state index contributed by atoms with van der Waals surface area (Å²) in [6, 6.07) is 1.87. The summed E-state index contributed by atoms with van der Waals surface area (Å²) < 4.78 is 0. The molecule has 0 aromatic carbocycles. The molecule has 1 fully saturated rings. The lowest BCUT2D eigenvalue weighted by molar-refractivity contribution is 0.0690. The van der Waals surface area contributed by atoms with Crippen molar-refractivity contribution in [2.75, 3.05) is 11.9 Å². The van der Waals surface area contributed by atoms with E-state index in [0.29, 0.717) is 12.0 Å². The van der Waals surface area contributed by atoms with Crippen LogP contribution in [0.5, 0.6) is 0 Å². The highest BCUT2D eigenvalue weighted by atomic mass is 16.4. The van der Waals surface area contributed by atoms with Crippen molar-refractivity contribution in [1.82, 2.24) is 9.97 Å². The molecule has 0 amide bonds. The van der Waals surface area contributed by atoms with Crippen LogP contribution in [-0.2, 0) is 0 Å². The zero-order valence-electron chi connectivity index (χ0n) is 8.55. The second-order valence-corrected chi connectivity index (χ2v) is 3.74. The van der Waals surface area contributed by atoms with Gasteiger partial charge in [-0.3, -0.25) is 0 Å². The first-order valence-electron chi connectivity index (χ1n) is 4.97. The van der Waals surface area contributed by atoms with Gasteiger partial charge in [-0.2, -0.15) is 0 Å². The van der Waals surface area contributed by atoms with Crippen molar-refractivity contribution >= 4 is 11.9 Å². The molecule has 1 saturated carbocycles. The number of carboxylic acids is 1. The van der Waals surface area contributed by atoms with E-state index in [-0.39, 0.29) is 5.69 Å². The number of hydrogen-bond acceptors (Lipinski definition) is 4. The molecule has 0 bridgehead atoms. The summed E-state index contributed by atoms with van der Waals surface area (Å²) in [6.07, 6.45) is 4.99. The number of carbonyl (C=O) groups is 1. The number of hydrogen-bond donors (Lipinski definition) is 1. The SMILES string of the molecule is CN(c1nccc(C(=O)O)n1)C1CCC1. The lowest BCUT2D eigenvalue weighted by Gasteiger charge is -2.34. The molecule has 1 aromatic heterocycles. The van der Waals surface area contributed by atoms with Gasteiger partial charge in [0.2, 0.25) is 5.95 Å². The zero-order valence-corrected chi connectivity index (χ0v) is 8.55. The number of anilines is 1. The second kappa shape index (κ2) is 3.84. The molecule has 1 aromatic rings. The van der Waals surface area contributed by atoms with E-state index in [0.717, 1.165) is 12.8 Å². The molecule has 15 heavy (non-hydrogen) atoms. The monoisotopic (exact) mass is 207 g/mol. The first-order chi connectivity index (χ1) is 7.18. The molecule has 2 rings (SSSR count). The van der Waals surface area contributed by atoms with Crippen molar-refractivity contribution in [3.05, 3.63) is 18.0 Å². The van der Waals surface area contributed by atoms with Gasteiger partial charge in [0.05, 0.1) is 0 Å². The number of aromatic nitrogens is 2. The topological polar surface area (TPSA) is 66.3 Å². The molecule has 5 nitrogen and oxygen atoms in total. The third-order valence-corrected chi connectivity index (χ3v) is 2.80. The van der Waals surface area contributed by atoms with Gasteiger partial charge >= 0.3 is 5.97 Å². The van der Waals surface area contributed by atoms with Crippen LogP contribution in [0, 0.1) is 0 Å². The predicted octanol–water partition coefficient (Wildman–Crippen LogP) is 1.16. The first kappa shape index (κ1) is 9.89. The van der Waals surface area contributed by atoms with Crippen molar-refractivity contribution < 1.29 is 9.90 Å². The van der Waals surface area contributed by atoms with Gasteiger partial charge in [0.1, 0.15) is 0 Å². The van der Waals surface area contributed by atoms with Crippen LogP contribution in [0.4, 0.5) is 5.95 Å². The Morgan fingerprint density at radius 2 is 2.33 bits per heavy atom. The van der Waals surface area contributed by atoms with Crippen LogP contribution in [0.3, 0.4) is 0 Å². The third-order valence-electron chi connectivity index (χ3n) is 2.80. The highest BCUT2D eigenvalue weighted by molar-refractivity contribution is 5.85. The standard InChI is InChI=1S/C10H13N3O2/c1-13(7-3-2-4-7)10-11-6-5-8(12-10)9(14)15/h5-7H,2-4H2,1H3,(H,14,15). The van der Waals surface area contributed by atoms with Crippen LogP contribution in [-0.4, -0.2) is 34.1 Å². The van der Waals surface area contributed by atoms with E-state index in [9.17, 15) is 4.79 Å². The van der Waals surface area contributed by atoms with Crippen LogP contribution in [0.15, 0.2) is 12.3 Å². The summed E-state index contributed by atoms with van der Waals surface area (Å²) >= 11 is 0. The van der Waals surface area contributed by atoms with Gasteiger partial charge in [0.15, 0.2) is 5.69 Å². The zero-order chi connectivity index (χ0) is 10.8. The van der Waals surface area contributed by atoms with Crippen molar-refractivity contribution in [2.24, 2.45) is 0 Å². The van der Waals surface area contributed by atoms with Crippen molar-refractivity contribution in [3.8, 4) is 0 Å². The van der Waals surface area contributed by atoms with Gasteiger partial charge in [-0.05, 0) is 25.3 Å². The Bertz CT molecular complexity index is 377. The summed E-state index contributed by atoms with van der Waals surface area (Å²) in [5.41, 5.74) is 0.0474. The summed E-state index contributed by atoms with van der Waals surface area (Å²) in [4.78, 5) is 20.7. The second-order valence-electron chi connectivity index (χ2n) is 3.74. The van der Waals surface area contributed by atoms with E-state index in [1.54, 1.807) is 0 Å². The number of carboxylic acid groups (broad SMARTS) is 1. The summed E-state index contributed by atoms with van der Waals surface area (Å²) in [7, 11) is 1.91. The third kappa shape index (κ3) is 1.91. The summed E-state index contributed by atoms with van der Waals surface area (Å²) in [5, 5.41) is 8.79. The van der Waals surface area contributed by atoms with Crippen molar-refractivity contribution in [3.63, 3.8) is 0 Å². The van der Waals surface area contributed by atoms with Gasteiger partial charge in [0, 0.05) is 19.3 Å². The molecule has 0 radical (unpaired) electrons. The Labute approximate surface area is 87.8 Å². The minimum absolute atomic E-state index is 0.0474. The predicted molar refractivity (Wildman–Crippen MR) is 55.0 cm³/mol. The molecule has 0 aliphatic heterocycles. The Morgan fingerprint density at radius 3 is 2.87 bits per heavy atom. The average Bonchev–Trinajstić information content (AvgIpc) is 2.15. The van der Waals surface area contributed by atoms with Crippen LogP contribution >= 0.6 is 0 Å². The van der Waals surface area contributed by atoms with E-state index >= 15 is 0 Å². The van der Waals surface area contributed by atoms with E-state index < -0.39 is 5.97 Å². The Hall–Kier alpha value is -1.65. The van der Waals surface area contributed by atoms with Crippen LogP contribution < -0.4 is 4.90 Å². The number of nitrogens with zero attached hydrogens (tertiary/aromatic N) is 3. The molecule has 1 aliphatic carbocycles. The van der Waals surface area contributed by atoms with E-state index in [1.807, 2.05) is 11.9 Å². The van der Waals surface area contributed by atoms with Crippen LogP contribution in [0.25, 0.3) is 0 Å². The number of rotatable bonds is 3. The maximum absolute atomic E-state index is 10.7. The van der Waals surface area contributed by atoms with Gasteiger partial charge < -0.3 is 10.0 Å². The lowest BCUT2D eigenvalue weighted by atomic mass is 9.92. The molecule has 5 heteroatoms. The van der Waals surface area contributed by atoms with Gasteiger partial charge in [0.25, 0.3) is 0 Å². The summed E-state index contributed by atoms with van der Waals surface area (Å²) in [6.45, 7) is 0. The largest absolute Gasteiger partial charge is 0.477 e. The normalized spacial score (nSPS) is 15.8. The molecular weight excluding hydrogens is 194 g/mol. The molecular formula is C10H13N3O2. The average molecular weight is 207 g/mol. The Balaban J connectivity index is 2.19. The molecule has 1 N–H and O–H groups in total. The van der Waals surface area contributed by atoms with E-state index in [2.05, 4.69) is 9.97 Å². The molecule has 0 saturated heterocycles. The van der Waals surface area contributed by atoms with Gasteiger partial charge in [-0.15, -0.1) is 0 Å². The molecule has 1 heterocycles. The smallest absolute Gasteiger partial charge is 0.354 e. The fraction of sp³-hybridized carbons (Fsp3) is 0.500. The van der Waals surface area contributed by atoms with Crippen LogP contribution in [0.2, 0.25) is 0 Å². The maximum atomic E-state index is 10.7. The van der Waals surface area contributed by atoms with Crippen LogP contribution in [0.1, 0.15) is 29.8 Å². The Kier molecular flexibility index (Phi) is 2.53. The first-order valence-corrected chi connectivity index (χ1v) is 4.97. The molecule has 0 unspecified atom stereocenters. The highest BCUT2D eigenvalue weighted by Gasteiger charge is 2.24. The van der Waals surface area contributed by atoms with E-state index in [4.69, 9.17) is 5.11 Å². The Morgan fingerprint density at radius 1 is 1.60 bits per heavy atom. The molecule has 0 spiro atoms. The van der Waals surface area contributed by atoms with Gasteiger partial charge in [-0.1, -0.05) is 0 Å². The quantitative estimate of drug-likeness (QED) is 0.805. The molecule has 0 atom stereocenters. The highest BCUT2D eigenvalue weighted by Crippen LogP contribution is 2.25. The fourth-order valence-corrected chi connectivity index (χ4v) is 1.57. The minimum Gasteiger partial charge on any atom is -0.477 e. The van der Waals surface area contributed by atoms with Gasteiger partial charge in [-0.25, -0.2) is 14.8 Å². The summed E-state index contributed by atoms with van der Waals surface area (Å²) in [5.74, 6) is -0.514. The maximum Gasteiger partial charge on any atom is 0.354 e. The fourth-order valence-electron chi connectivity index (χ4n) is 1.57.